The van der Waals surface area contributed by atoms with E-state index in [0.29, 0.717) is 18.5 Å². The first-order valence-corrected chi connectivity index (χ1v) is 5.49. The van der Waals surface area contributed by atoms with Gasteiger partial charge >= 0.3 is 6.01 Å². The van der Waals surface area contributed by atoms with Gasteiger partial charge in [-0.05, 0) is 19.2 Å². The molecule has 0 radical (unpaired) electrons. The van der Waals surface area contributed by atoms with E-state index in [1.165, 1.54) is 0 Å². The quantitative estimate of drug-likeness (QED) is 0.770. The van der Waals surface area contributed by atoms with Gasteiger partial charge in [-0.3, -0.25) is 4.98 Å². The highest BCUT2D eigenvalue weighted by molar-refractivity contribution is 5.17. The lowest BCUT2D eigenvalue weighted by Gasteiger charge is -2.00. The maximum absolute atomic E-state index is 5.35. The summed E-state index contributed by atoms with van der Waals surface area (Å²) in [6.45, 7) is 1.30. The molecule has 17 heavy (non-hydrogen) atoms. The minimum atomic E-state index is 0.450. The Hall–Kier alpha value is -1.95. The van der Waals surface area contributed by atoms with Crippen LogP contribution in [-0.4, -0.2) is 28.8 Å². The summed E-state index contributed by atoms with van der Waals surface area (Å²) in [5.74, 6) is 0.577. The molecule has 6 nitrogen and oxygen atoms in total. The predicted octanol–water partition coefficient (Wildman–Crippen LogP) is 0.839. The fourth-order valence-electron chi connectivity index (χ4n) is 1.39. The summed E-state index contributed by atoms with van der Waals surface area (Å²) >= 11 is 0. The number of rotatable bonds is 6. The maximum Gasteiger partial charge on any atom is 0.315 e. The molecular formula is C11H15N5O. The first kappa shape index (κ1) is 11.5. The molecule has 2 aromatic heterocycles. The van der Waals surface area contributed by atoms with Crippen LogP contribution in [0.3, 0.4) is 0 Å². The molecule has 0 spiro atoms. The largest absolute Gasteiger partial charge is 0.407 e. The van der Waals surface area contributed by atoms with Gasteiger partial charge in [0.2, 0.25) is 5.89 Å². The van der Waals surface area contributed by atoms with Gasteiger partial charge in [-0.25, -0.2) is 0 Å². The summed E-state index contributed by atoms with van der Waals surface area (Å²) in [5, 5.41) is 13.8. The lowest BCUT2D eigenvalue weighted by molar-refractivity contribution is 0.489. The van der Waals surface area contributed by atoms with E-state index >= 15 is 0 Å². The Kier molecular flexibility index (Phi) is 4.04. The zero-order valence-corrected chi connectivity index (χ0v) is 9.68. The van der Waals surface area contributed by atoms with Crippen molar-refractivity contribution in [3.63, 3.8) is 0 Å². The number of pyridine rings is 1. The van der Waals surface area contributed by atoms with Crippen LogP contribution in [-0.2, 0) is 13.0 Å². The van der Waals surface area contributed by atoms with Crippen molar-refractivity contribution in [2.24, 2.45) is 0 Å². The summed E-state index contributed by atoms with van der Waals surface area (Å²) in [6, 6.07) is 6.31. The van der Waals surface area contributed by atoms with E-state index in [-0.39, 0.29) is 0 Å². The normalized spacial score (nSPS) is 10.4. The Morgan fingerprint density at radius 1 is 1.29 bits per heavy atom. The van der Waals surface area contributed by atoms with Crippen LogP contribution in [0.4, 0.5) is 6.01 Å². The molecule has 2 rings (SSSR count). The zero-order valence-electron chi connectivity index (χ0n) is 9.68. The van der Waals surface area contributed by atoms with Crippen LogP contribution < -0.4 is 10.6 Å². The second kappa shape index (κ2) is 5.95. The summed E-state index contributed by atoms with van der Waals surface area (Å²) < 4.78 is 5.35. The van der Waals surface area contributed by atoms with Crippen molar-refractivity contribution in [3.05, 3.63) is 36.0 Å². The fourth-order valence-corrected chi connectivity index (χ4v) is 1.39. The minimum absolute atomic E-state index is 0.450. The van der Waals surface area contributed by atoms with Gasteiger partial charge in [0.15, 0.2) is 0 Å². The van der Waals surface area contributed by atoms with Gasteiger partial charge in [-0.15, -0.1) is 5.10 Å². The SMILES string of the molecule is CNCc1nnc(NCCc2ccccn2)o1. The van der Waals surface area contributed by atoms with Gasteiger partial charge in [0, 0.05) is 24.9 Å². The van der Waals surface area contributed by atoms with Crippen molar-refractivity contribution in [3.8, 4) is 0 Å². The molecule has 0 fully saturated rings. The van der Waals surface area contributed by atoms with Crippen LogP contribution in [0.15, 0.2) is 28.8 Å². The van der Waals surface area contributed by atoms with Gasteiger partial charge in [0.1, 0.15) is 0 Å². The standard InChI is InChI=1S/C11H15N5O/c1-12-8-10-15-16-11(17-10)14-7-5-9-4-2-3-6-13-9/h2-4,6,12H,5,7-8H2,1H3,(H,14,16). The fraction of sp³-hybridized carbons (Fsp3) is 0.364. The number of aromatic nitrogens is 3. The van der Waals surface area contributed by atoms with Gasteiger partial charge in [-0.2, -0.15) is 0 Å². The molecule has 0 unspecified atom stereocenters. The van der Waals surface area contributed by atoms with Crippen molar-refractivity contribution in [1.29, 1.82) is 0 Å². The average Bonchev–Trinajstić information content (AvgIpc) is 2.79. The minimum Gasteiger partial charge on any atom is -0.407 e. The molecule has 0 aliphatic heterocycles. The summed E-state index contributed by atoms with van der Waals surface area (Å²) in [5.41, 5.74) is 1.04. The maximum atomic E-state index is 5.35. The number of hydrogen-bond donors (Lipinski definition) is 2. The molecule has 2 aromatic rings. The van der Waals surface area contributed by atoms with Crippen molar-refractivity contribution in [2.45, 2.75) is 13.0 Å². The predicted molar refractivity (Wildman–Crippen MR) is 63.5 cm³/mol. The lowest BCUT2D eigenvalue weighted by atomic mass is 10.3. The lowest BCUT2D eigenvalue weighted by Crippen LogP contribution is -2.06. The third kappa shape index (κ3) is 3.53. The van der Waals surface area contributed by atoms with Gasteiger partial charge in [0.05, 0.1) is 6.54 Å². The van der Waals surface area contributed by atoms with Crippen molar-refractivity contribution < 1.29 is 4.42 Å². The van der Waals surface area contributed by atoms with E-state index in [1.54, 1.807) is 6.20 Å². The van der Waals surface area contributed by atoms with E-state index in [0.717, 1.165) is 18.7 Å². The number of nitrogens with one attached hydrogen (secondary N) is 2. The van der Waals surface area contributed by atoms with E-state index in [4.69, 9.17) is 4.42 Å². The number of anilines is 1. The molecule has 2 heterocycles. The first-order valence-electron chi connectivity index (χ1n) is 5.49. The molecule has 6 heteroatoms. The van der Waals surface area contributed by atoms with Crippen LogP contribution in [0.2, 0.25) is 0 Å². The first-order chi connectivity index (χ1) is 8.38. The molecule has 2 N–H and O–H groups in total. The molecule has 0 saturated heterocycles. The third-order valence-electron chi connectivity index (χ3n) is 2.18. The van der Waals surface area contributed by atoms with Gasteiger partial charge in [-0.1, -0.05) is 11.2 Å². The molecule has 0 atom stereocenters. The smallest absolute Gasteiger partial charge is 0.315 e. The van der Waals surface area contributed by atoms with Crippen LogP contribution in [0.25, 0.3) is 0 Å². The summed E-state index contributed by atoms with van der Waals surface area (Å²) in [7, 11) is 1.83. The summed E-state index contributed by atoms with van der Waals surface area (Å²) in [6.07, 6.45) is 2.61. The van der Waals surface area contributed by atoms with Crippen LogP contribution in [0, 0.1) is 0 Å². The van der Waals surface area contributed by atoms with Crippen molar-refractivity contribution in [2.75, 3.05) is 18.9 Å². The molecule has 0 saturated carbocycles. The third-order valence-corrected chi connectivity index (χ3v) is 2.18. The van der Waals surface area contributed by atoms with Crippen molar-refractivity contribution >= 4 is 6.01 Å². The monoisotopic (exact) mass is 233 g/mol. The summed E-state index contributed by atoms with van der Waals surface area (Å²) in [4.78, 5) is 4.23. The van der Waals surface area contributed by atoms with Crippen LogP contribution in [0.5, 0.6) is 0 Å². The van der Waals surface area contributed by atoms with E-state index in [9.17, 15) is 0 Å². The molecule has 0 aliphatic carbocycles. The molecule has 90 valence electrons. The highest BCUT2D eigenvalue weighted by Crippen LogP contribution is 2.05. The second-order valence-electron chi connectivity index (χ2n) is 3.53. The van der Waals surface area contributed by atoms with E-state index in [1.807, 2.05) is 25.2 Å². The highest BCUT2D eigenvalue weighted by Gasteiger charge is 2.03. The Labute approximate surface area is 99.5 Å². The van der Waals surface area contributed by atoms with Gasteiger partial charge in [0.25, 0.3) is 0 Å². The molecule has 0 aliphatic rings. The van der Waals surface area contributed by atoms with E-state index in [2.05, 4.69) is 25.8 Å². The van der Waals surface area contributed by atoms with Gasteiger partial charge < -0.3 is 15.1 Å². The Bertz CT molecular complexity index is 442. The van der Waals surface area contributed by atoms with E-state index < -0.39 is 0 Å². The Morgan fingerprint density at radius 3 is 3.00 bits per heavy atom. The molecular weight excluding hydrogens is 218 g/mol. The average molecular weight is 233 g/mol. The molecule has 0 aromatic carbocycles. The van der Waals surface area contributed by atoms with Crippen molar-refractivity contribution in [1.82, 2.24) is 20.5 Å². The highest BCUT2D eigenvalue weighted by atomic mass is 16.4. The Balaban J connectivity index is 1.78. The van der Waals surface area contributed by atoms with Crippen LogP contribution in [0.1, 0.15) is 11.6 Å². The number of nitrogens with zero attached hydrogens (tertiary/aromatic N) is 3. The number of hydrogen-bond acceptors (Lipinski definition) is 6. The molecule has 0 bridgehead atoms. The second-order valence-corrected chi connectivity index (χ2v) is 3.53. The Morgan fingerprint density at radius 2 is 2.24 bits per heavy atom. The molecule has 0 amide bonds. The topological polar surface area (TPSA) is 75.9 Å². The zero-order chi connectivity index (χ0) is 11.9. The van der Waals surface area contributed by atoms with Crippen LogP contribution >= 0.6 is 0 Å².